The molecular formula is C6H9N3O2S. The summed E-state index contributed by atoms with van der Waals surface area (Å²) >= 11 is 1.51. The van der Waals surface area contributed by atoms with E-state index < -0.39 is 6.03 Å². The zero-order chi connectivity index (χ0) is 8.97. The standard InChI is InChI=1S/C6H9N3O2S/c1-4-2-8-5(12-4)3-11-9-6(7)10/h2H,3H2,1H3,(H3,7,9,10). The van der Waals surface area contributed by atoms with Crippen LogP contribution in [-0.4, -0.2) is 11.0 Å². The van der Waals surface area contributed by atoms with Gasteiger partial charge in [-0.05, 0) is 6.92 Å². The van der Waals surface area contributed by atoms with Gasteiger partial charge in [0.1, 0.15) is 11.6 Å². The van der Waals surface area contributed by atoms with Crippen LogP contribution in [-0.2, 0) is 11.4 Å². The highest BCUT2D eigenvalue weighted by atomic mass is 32.1. The summed E-state index contributed by atoms with van der Waals surface area (Å²) in [6.07, 6.45) is 1.74. The summed E-state index contributed by atoms with van der Waals surface area (Å²) in [6.45, 7) is 2.20. The fraction of sp³-hybridized carbons (Fsp3) is 0.333. The molecule has 0 aliphatic rings. The molecule has 1 aromatic heterocycles. The smallest absolute Gasteiger partial charge is 0.336 e. The third-order valence-corrected chi connectivity index (χ3v) is 1.92. The number of amides is 2. The van der Waals surface area contributed by atoms with Gasteiger partial charge in [0.2, 0.25) is 0 Å². The summed E-state index contributed by atoms with van der Waals surface area (Å²) in [5, 5.41) is 0.807. The van der Waals surface area contributed by atoms with Crippen LogP contribution in [0.15, 0.2) is 6.20 Å². The first-order valence-corrected chi connectivity index (χ1v) is 4.08. The maximum absolute atomic E-state index is 10.2. The van der Waals surface area contributed by atoms with Gasteiger partial charge in [-0.2, -0.15) is 0 Å². The lowest BCUT2D eigenvalue weighted by Gasteiger charge is -1.98. The van der Waals surface area contributed by atoms with Crippen LogP contribution in [0.1, 0.15) is 9.88 Å². The van der Waals surface area contributed by atoms with Gasteiger partial charge in [0, 0.05) is 11.1 Å². The average molecular weight is 187 g/mol. The van der Waals surface area contributed by atoms with Crippen LogP contribution >= 0.6 is 11.3 Å². The zero-order valence-corrected chi connectivity index (χ0v) is 7.35. The Morgan fingerprint density at radius 3 is 3.17 bits per heavy atom. The highest BCUT2D eigenvalue weighted by molar-refractivity contribution is 7.11. The summed E-state index contributed by atoms with van der Waals surface area (Å²) < 4.78 is 0. The third kappa shape index (κ3) is 2.85. The van der Waals surface area contributed by atoms with E-state index in [2.05, 4.69) is 4.98 Å². The Bertz CT molecular complexity index is 274. The van der Waals surface area contributed by atoms with Crippen molar-refractivity contribution < 1.29 is 9.63 Å². The Hall–Kier alpha value is -1.14. The first-order valence-electron chi connectivity index (χ1n) is 3.27. The highest BCUT2D eigenvalue weighted by Gasteiger charge is 1.98. The van der Waals surface area contributed by atoms with Gasteiger partial charge < -0.3 is 5.73 Å². The normalized spacial score (nSPS) is 9.75. The molecule has 0 aliphatic heterocycles. The van der Waals surface area contributed by atoms with E-state index in [4.69, 9.17) is 10.6 Å². The van der Waals surface area contributed by atoms with E-state index in [1.54, 1.807) is 6.20 Å². The van der Waals surface area contributed by atoms with Crippen molar-refractivity contribution >= 4 is 17.4 Å². The molecule has 6 heteroatoms. The van der Waals surface area contributed by atoms with Crippen molar-refractivity contribution in [1.29, 1.82) is 0 Å². The van der Waals surface area contributed by atoms with E-state index in [0.717, 1.165) is 9.88 Å². The minimum atomic E-state index is -0.705. The second kappa shape index (κ2) is 4.03. The molecule has 0 saturated carbocycles. The van der Waals surface area contributed by atoms with E-state index in [1.807, 2.05) is 12.4 Å². The van der Waals surface area contributed by atoms with Crippen LogP contribution in [0.3, 0.4) is 0 Å². The summed E-state index contributed by atoms with van der Waals surface area (Å²) in [4.78, 5) is 20.0. The molecule has 0 aliphatic carbocycles. The summed E-state index contributed by atoms with van der Waals surface area (Å²) in [5.41, 5.74) is 6.78. The summed E-state index contributed by atoms with van der Waals surface area (Å²) in [6, 6.07) is -0.705. The molecule has 0 radical (unpaired) electrons. The van der Waals surface area contributed by atoms with E-state index in [0.29, 0.717) is 0 Å². The zero-order valence-electron chi connectivity index (χ0n) is 6.53. The maximum atomic E-state index is 10.2. The number of aromatic nitrogens is 1. The first kappa shape index (κ1) is 8.95. The number of aryl methyl sites for hydroxylation is 1. The number of nitrogens with two attached hydrogens (primary N) is 1. The van der Waals surface area contributed by atoms with Gasteiger partial charge in [-0.1, -0.05) is 0 Å². The molecule has 1 rings (SSSR count). The van der Waals surface area contributed by atoms with Crippen LogP contribution in [0.2, 0.25) is 0 Å². The van der Waals surface area contributed by atoms with Crippen LogP contribution in [0.4, 0.5) is 4.79 Å². The number of carbonyl (C=O) groups excluding carboxylic acids is 1. The number of primary amides is 1. The number of carbonyl (C=O) groups is 1. The minimum Gasteiger partial charge on any atom is -0.350 e. The Morgan fingerprint density at radius 1 is 1.92 bits per heavy atom. The van der Waals surface area contributed by atoms with Gasteiger partial charge in [-0.25, -0.2) is 15.3 Å². The molecular weight excluding hydrogens is 178 g/mol. The molecule has 0 aromatic carbocycles. The van der Waals surface area contributed by atoms with Crippen LogP contribution in [0.5, 0.6) is 0 Å². The molecule has 0 spiro atoms. The lowest BCUT2D eigenvalue weighted by atomic mass is 10.6. The van der Waals surface area contributed by atoms with E-state index >= 15 is 0 Å². The highest BCUT2D eigenvalue weighted by Crippen LogP contribution is 2.11. The number of hydroxylamine groups is 1. The number of nitrogens with zero attached hydrogens (tertiary/aromatic N) is 1. The maximum Gasteiger partial charge on any atom is 0.336 e. The summed E-state index contributed by atoms with van der Waals surface area (Å²) in [5.74, 6) is 0. The number of rotatable bonds is 3. The molecule has 1 aromatic rings. The van der Waals surface area contributed by atoms with Crippen molar-refractivity contribution in [3.63, 3.8) is 0 Å². The van der Waals surface area contributed by atoms with Gasteiger partial charge in [0.25, 0.3) is 0 Å². The molecule has 12 heavy (non-hydrogen) atoms. The molecule has 1 heterocycles. The van der Waals surface area contributed by atoms with Crippen LogP contribution < -0.4 is 11.2 Å². The molecule has 0 bridgehead atoms. The van der Waals surface area contributed by atoms with Crippen LogP contribution in [0.25, 0.3) is 0 Å². The molecule has 0 saturated heterocycles. The molecule has 2 amide bonds. The minimum absolute atomic E-state index is 0.251. The molecule has 0 unspecified atom stereocenters. The van der Waals surface area contributed by atoms with Crippen molar-refractivity contribution in [2.24, 2.45) is 5.73 Å². The second-order valence-electron chi connectivity index (χ2n) is 2.12. The lowest BCUT2D eigenvalue weighted by Crippen LogP contribution is -2.29. The molecule has 3 N–H and O–H groups in total. The van der Waals surface area contributed by atoms with Crippen molar-refractivity contribution in [3.05, 3.63) is 16.1 Å². The van der Waals surface area contributed by atoms with Crippen molar-refractivity contribution in [2.45, 2.75) is 13.5 Å². The SMILES string of the molecule is Cc1cnc(CONC(N)=O)s1. The molecule has 0 atom stereocenters. The molecule has 0 fully saturated rings. The van der Waals surface area contributed by atoms with Gasteiger partial charge in [0.05, 0.1) is 0 Å². The van der Waals surface area contributed by atoms with Gasteiger partial charge in [0.15, 0.2) is 0 Å². The molecule has 66 valence electrons. The second-order valence-corrected chi connectivity index (χ2v) is 3.44. The van der Waals surface area contributed by atoms with E-state index in [-0.39, 0.29) is 6.61 Å². The predicted molar refractivity (Wildman–Crippen MR) is 44.4 cm³/mol. The predicted octanol–water partition coefficient (Wildman–Crippen LogP) is 0.551. The summed E-state index contributed by atoms with van der Waals surface area (Å²) in [7, 11) is 0. The quantitative estimate of drug-likeness (QED) is 0.678. The van der Waals surface area contributed by atoms with Gasteiger partial charge >= 0.3 is 6.03 Å². The van der Waals surface area contributed by atoms with Crippen molar-refractivity contribution in [1.82, 2.24) is 10.5 Å². The van der Waals surface area contributed by atoms with Crippen LogP contribution in [0, 0.1) is 6.92 Å². The first-order chi connectivity index (χ1) is 5.68. The number of nitrogens with one attached hydrogen (secondary N) is 1. The third-order valence-electron chi connectivity index (χ3n) is 1.04. The lowest BCUT2D eigenvalue weighted by molar-refractivity contribution is 0.0520. The Labute approximate surface area is 73.5 Å². The monoisotopic (exact) mass is 187 g/mol. The average Bonchev–Trinajstić information content (AvgIpc) is 2.35. The fourth-order valence-corrected chi connectivity index (χ4v) is 1.34. The number of thiazole rings is 1. The topological polar surface area (TPSA) is 77.2 Å². The van der Waals surface area contributed by atoms with Crippen molar-refractivity contribution in [2.75, 3.05) is 0 Å². The van der Waals surface area contributed by atoms with E-state index in [9.17, 15) is 4.79 Å². The van der Waals surface area contributed by atoms with Crippen molar-refractivity contribution in [3.8, 4) is 0 Å². The Morgan fingerprint density at radius 2 is 2.67 bits per heavy atom. The number of hydrogen-bond acceptors (Lipinski definition) is 4. The fourth-order valence-electron chi connectivity index (χ4n) is 0.637. The largest absolute Gasteiger partial charge is 0.350 e. The Kier molecular flexibility index (Phi) is 3.01. The number of hydrogen-bond donors (Lipinski definition) is 2. The Balaban J connectivity index is 2.29. The van der Waals surface area contributed by atoms with E-state index in [1.165, 1.54) is 11.3 Å². The van der Waals surface area contributed by atoms with Gasteiger partial charge in [-0.15, -0.1) is 11.3 Å². The number of urea groups is 1. The van der Waals surface area contributed by atoms with Gasteiger partial charge in [-0.3, -0.25) is 4.84 Å². The molecule has 5 nitrogen and oxygen atoms in total.